The second-order valence-corrected chi connectivity index (χ2v) is 5.36. The van der Waals surface area contributed by atoms with E-state index in [-0.39, 0.29) is 11.1 Å². The fourth-order valence-corrected chi connectivity index (χ4v) is 2.82. The molecule has 1 aliphatic rings. The van der Waals surface area contributed by atoms with Crippen LogP contribution in [0.15, 0.2) is 36.4 Å². The van der Waals surface area contributed by atoms with Crippen LogP contribution in [0.3, 0.4) is 0 Å². The number of aliphatic hydroxyl groups is 1. The van der Waals surface area contributed by atoms with Gasteiger partial charge in [0, 0.05) is 0 Å². The first-order valence-corrected chi connectivity index (χ1v) is 6.79. The van der Waals surface area contributed by atoms with Gasteiger partial charge in [-0.05, 0) is 53.6 Å². The molecule has 0 unspecified atom stereocenters. The molecule has 0 aromatic heterocycles. The number of aliphatic hydroxyl groups excluding tert-OH is 1. The number of halogens is 2. The number of aryl methyl sites for hydroxylation is 1. The van der Waals surface area contributed by atoms with Gasteiger partial charge in [0.05, 0.1) is 11.1 Å². The Hall–Kier alpha value is -1.38. The van der Waals surface area contributed by atoms with Crippen molar-refractivity contribution < 1.29 is 9.50 Å². The highest BCUT2D eigenvalue weighted by Crippen LogP contribution is 2.33. The van der Waals surface area contributed by atoms with Gasteiger partial charge in [-0.25, -0.2) is 4.39 Å². The van der Waals surface area contributed by atoms with Crippen LogP contribution in [0, 0.1) is 5.82 Å². The Morgan fingerprint density at radius 2 is 1.84 bits per heavy atom. The zero-order valence-corrected chi connectivity index (χ0v) is 11.1. The summed E-state index contributed by atoms with van der Waals surface area (Å²) in [6, 6.07) is 10.7. The molecule has 1 N–H and O–H groups in total. The lowest BCUT2D eigenvalue weighted by Gasteiger charge is -2.22. The molecular formula is C16H14ClFO. The third-order valence-corrected chi connectivity index (χ3v) is 3.97. The molecule has 19 heavy (non-hydrogen) atoms. The quantitative estimate of drug-likeness (QED) is 0.812. The van der Waals surface area contributed by atoms with Crippen LogP contribution in [0.1, 0.15) is 30.1 Å². The number of hydrogen-bond acceptors (Lipinski definition) is 1. The Bertz CT molecular complexity index is 624. The lowest BCUT2D eigenvalue weighted by atomic mass is 9.87. The van der Waals surface area contributed by atoms with E-state index in [0.717, 1.165) is 36.0 Å². The minimum Gasteiger partial charge on any atom is -0.388 e. The van der Waals surface area contributed by atoms with Crippen LogP contribution >= 0.6 is 11.6 Å². The van der Waals surface area contributed by atoms with Crippen molar-refractivity contribution in [2.24, 2.45) is 0 Å². The van der Waals surface area contributed by atoms with Crippen LogP contribution < -0.4 is 0 Å². The van der Waals surface area contributed by atoms with E-state index in [2.05, 4.69) is 6.07 Å². The maximum Gasteiger partial charge on any atom is 0.141 e. The maximum atomic E-state index is 13.2. The minimum atomic E-state index is -0.404. The van der Waals surface area contributed by atoms with Gasteiger partial charge in [0.1, 0.15) is 5.82 Å². The Kier molecular flexibility index (Phi) is 3.29. The first kappa shape index (κ1) is 12.6. The van der Waals surface area contributed by atoms with E-state index in [1.165, 1.54) is 11.6 Å². The van der Waals surface area contributed by atoms with Crippen molar-refractivity contribution >= 4 is 11.6 Å². The van der Waals surface area contributed by atoms with Crippen LogP contribution in [-0.4, -0.2) is 5.11 Å². The van der Waals surface area contributed by atoms with Crippen LogP contribution in [0.5, 0.6) is 0 Å². The van der Waals surface area contributed by atoms with Crippen molar-refractivity contribution in [3.63, 3.8) is 0 Å². The molecular weight excluding hydrogens is 263 g/mol. The largest absolute Gasteiger partial charge is 0.388 e. The molecule has 1 aliphatic carbocycles. The van der Waals surface area contributed by atoms with E-state index in [9.17, 15) is 9.50 Å². The zero-order chi connectivity index (χ0) is 13.4. The standard InChI is InChI=1S/C16H14ClFO/c17-14-9-11(5-7-15(14)18)10-4-6-13-12(8-10)2-1-3-16(13)19/h4-9,16,19H,1-3H2/t16-/m1/s1. The molecule has 0 aliphatic heterocycles. The average Bonchev–Trinajstić information content (AvgIpc) is 2.42. The van der Waals surface area contributed by atoms with E-state index in [4.69, 9.17) is 11.6 Å². The Morgan fingerprint density at radius 1 is 1.11 bits per heavy atom. The first-order chi connectivity index (χ1) is 9.15. The summed E-state index contributed by atoms with van der Waals surface area (Å²) in [5.41, 5.74) is 4.10. The molecule has 0 radical (unpaired) electrons. The van der Waals surface area contributed by atoms with Gasteiger partial charge in [0.2, 0.25) is 0 Å². The third-order valence-electron chi connectivity index (χ3n) is 3.68. The highest BCUT2D eigenvalue weighted by Gasteiger charge is 2.18. The molecule has 2 aromatic carbocycles. The number of hydrogen-bond donors (Lipinski definition) is 1. The SMILES string of the molecule is O[C@@H]1CCCc2cc(-c3ccc(F)c(Cl)c3)ccc21. The summed E-state index contributed by atoms with van der Waals surface area (Å²) in [6.07, 6.45) is 2.46. The van der Waals surface area contributed by atoms with Crippen LogP contribution in [0.2, 0.25) is 5.02 Å². The molecule has 0 fully saturated rings. The first-order valence-electron chi connectivity index (χ1n) is 6.41. The predicted octanol–water partition coefficient (Wildman–Crippen LogP) is 4.52. The monoisotopic (exact) mass is 276 g/mol. The molecule has 0 saturated carbocycles. The lowest BCUT2D eigenvalue weighted by molar-refractivity contribution is 0.156. The molecule has 1 nitrogen and oxygen atoms in total. The van der Waals surface area contributed by atoms with Gasteiger partial charge in [-0.15, -0.1) is 0 Å². The van der Waals surface area contributed by atoms with Gasteiger partial charge in [0.15, 0.2) is 0 Å². The molecule has 0 amide bonds. The molecule has 0 heterocycles. The third kappa shape index (κ3) is 2.38. The Balaban J connectivity index is 2.04. The predicted molar refractivity (Wildman–Crippen MR) is 74.7 cm³/mol. The lowest BCUT2D eigenvalue weighted by Crippen LogP contribution is -2.08. The van der Waals surface area contributed by atoms with Crippen LogP contribution in [0.25, 0.3) is 11.1 Å². The summed E-state index contributed by atoms with van der Waals surface area (Å²) in [7, 11) is 0. The van der Waals surface area contributed by atoms with Gasteiger partial charge < -0.3 is 5.11 Å². The highest BCUT2D eigenvalue weighted by atomic mass is 35.5. The summed E-state index contributed by atoms with van der Waals surface area (Å²) < 4.78 is 13.2. The summed E-state index contributed by atoms with van der Waals surface area (Å²) in [5.74, 6) is -0.404. The number of fused-ring (bicyclic) bond motifs is 1. The summed E-state index contributed by atoms with van der Waals surface area (Å²) in [5, 5.41) is 10.1. The summed E-state index contributed by atoms with van der Waals surface area (Å²) in [6.45, 7) is 0. The molecule has 0 spiro atoms. The second kappa shape index (κ2) is 4.95. The van der Waals surface area contributed by atoms with Gasteiger partial charge in [-0.1, -0.05) is 35.9 Å². The van der Waals surface area contributed by atoms with E-state index in [1.807, 2.05) is 12.1 Å². The van der Waals surface area contributed by atoms with Crippen LogP contribution in [0.4, 0.5) is 4.39 Å². The molecule has 0 saturated heterocycles. The number of benzene rings is 2. The van der Waals surface area contributed by atoms with Crippen molar-refractivity contribution in [3.05, 3.63) is 58.4 Å². The fraction of sp³-hybridized carbons (Fsp3) is 0.250. The van der Waals surface area contributed by atoms with Crippen molar-refractivity contribution in [1.82, 2.24) is 0 Å². The normalized spacial score (nSPS) is 18.2. The average molecular weight is 277 g/mol. The van der Waals surface area contributed by atoms with E-state index < -0.39 is 5.82 Å². The van der Waals surface area contributed by atoms with Gasteiger partial charge in [0.25, 0.3) is 0 Å². The van der Waals surface area contributed by atoms with E-state index in [1.54, 1.807) is 12.1 Å². The summed E-state index contributed by atoms with van der Waals surface area (Å²) in [4.78, 5) is 0. The molecule has 2 aromatic rings. The van der Waals surface area contributed by atoms with E-state index in [0.29, 0.717) is 0 Å². The molecule has 98 valence electrons. The fourth-order valence-electron chi connectivity index (χ4n) is 2.64. The Morgan fingerprint density at radius 3 is 2.63 bits per heavy atom. The van der Waals surface area contributed by atoms with Gasteiger partial charge >= 0.3 is 0 Å². The smallest absolute Gasteiger partial charge is 0.141 e. The van der Waals surface area contributed by atoms with Crippen molar-refractivity contribution in [2.75, 3.05) is 0 Å². The second-order valence-electron chi connectivity index (χ2n) is 4.95. The minimum absolute atomic E-state index is 0.134. The van der Waals surface area contributed by atoms with E-state index >= 15 is 0 Å². The number of rotatable bonds is 1. The van der Waals surface area contributed by atoms with Crippen molar-refractivity contribution in [2.45, 2.75) is 25.4 Å². The molecule has 3 rings (SSSR count). The maximum absolute atomic E-state index is 13.2. The van der Waals surface area contributed by atoms with Gasteiger partial charge in [-0.3, -0.25) is 0 Å². The van der Waals surface area contributed by atoms with Crippen molar-refractivity contribution in [1.29, 1.82) is 0 Å². The highest BCUT2D eigenvalue weighted by molar-refractivity contribution is 6.31. The molecule has 0 bridgehead atoms. The van der Waals surface area contributed by atoms with Crippen molar-refractivity contribution in [3.8, 4) is 11.1 Å². The van der Waals surface area contributed by atoms with Gasteiger partial charge in [-0.2, -0.15) is 0 Å². The molecule has 3 heteroatoms. The topological polar surface area (TPSA) is 20.2 Å². The van der Waals surface area contributed by atoms with Crippen LogP contribution in [-0.2, 0) is 6.42 Å². The summed E-state index contributed by atoms with van der Waals surface area (Å²) >= 11 is 5.82. The molecule has 1 atom stereocenters. The zero-order valence-electron chi connectivity index (χ0n) is 10.4. The Labute approximate surface area is 116 Å².